The number of ether oxygens (including phenoxy) is 1. The Labute approximate surface area is 171 Å². The van der Waals surface area contributed by atoms with Gasteiger partial charge in [0.25, 0.3) is 11.8 Å². The SMILES string of the molecule is CN1C(=O)C(Cc2cccs2)Oc2cc(C(=O)NCc3ccc(F)cc3)cnc21. The second-order valence-electron chi connectivity index (χ2n) is 6.64. The van der Waals surface area contributed by atoms with Crippen molar-refractivity contribution in [1.82, 2.24) is 10.3 Å². The van der Waals surface area contributed by atoms with E-state index in [2.05, 4.69) is 10.3 Å². The Balaban J connectivity index is 1.49. The van der Waals surface area contributed by atoms with Crippen LogP contribution in [-0.2, 0) is 17.8 Å². The van der Waals surface area contributed by atoms with E-state index in [1.54, 1.807) is 36.6 Å². The number of aromatic nitrogens is 1. The molecule has 3 heterocycles. The van der Waals surface area contributed by atoms with Crippen LogP contribution in [0.25, 0.3) is 0 Å². The molecule has 1 atom stereocenters. The van der Waals surface area contributed by atoms with Gasteiger partial charge in [-0.25, -0.2) is 9.37 Å². The van der Waals surface area contributed by atoms with Crippen LogP contribution in [0.2, 0.25) is 0 Å². The second-order valence-corrected chi connectivity index (χ2v) is 7.67. The Hall–Kier alpha value is -3.26. The van der Waals surface area contributed by atoms with Gasteiger partial charge in [-0.05, 0) is 35.2 Å². The molecular formula is C21H18FN3O3S. The van der Waals surface area contributed by atoms with Gasteiger partial charge in [0.05, 0.1) is 5.56 Å². The first kappa shape index (κ1) is 19.1. The van der Waals surface area contributed by atoms with Crippen molar-refractivity contribution < 1.29 is 18.7 Å². The van der Waals surface area contributed by atoms with Gasteiger partial charge < -0.3 is 10.1 Å². The molecule has 6 nitrogen and oxygen atoms in total. The van der Waals surface area contributed by atoms with Gasteiger partial charge in [-0.3, -0.25) is 14.5 Å². The third-order valence-electron chi connectivity index (χ3n) is 4.62. The van der Waals surface area contributed by atoms with Crippen LogP contribution in [0.4, 0.5) is 10.2 Å². The lowest BCUT2D eigenvalue weighted by Crippen LogP contribution is -2.45. The molecule has 1 N–H and O–H groups in total. The summed E-state index contributed by atoms with van der Waals surface area (Å²) >= 11 is 1.56. The smallest absolute Gasteiger partial charge is 0.269 e. The van der Waals surface area contributed by atoms with Crippen LogP contribution in [0, 0.1) is 5.82 Å². The van der Waals surface area contributed by atoms with E-state index in [-0.39, 0.29) is 24.2 Å². The van der Waals surface area contributed by atoms with Crippen LogP contribution in [0.1, 0.15) is 20.8 Å². The topological polar surface area (TPSA) is 71.5 Å². The molecule has 29 heavy (non-hydrogen) atoms. The second kappa shape index (κ2) is 8.00. The van der Waals surface area contributed by atoms with E-state index in [0.29, 0.717) is 23.6 Å². The molecule has 1 aromatic carbocycles. The van der Waals surface area contributed by atoms with Crippen LogP contribution in [-0.4, -0.2) is 29.9 Å². The molecule has 4 rings (SSSR count). The van der Waals surface area contributed by atoms with Crippen molar-refractivity contribution in [2.24, 2.45) is 0 Å². The number of amides is 2. The van der Waals surface area contributed by atoms with Gasteiger partial charge in [0.2, 0.25) is 0 Å². The van der Waals surface area contributed by atoms with E-state index in [1.165, 1.54) is 23.2 Å². The van der Waals surface area contributed by atoms with Crippen molar-refractivity contribution in [2.75, 3.05) is 11.9 Å². The van der Waals surface area contributed by atoms with E-state index in [0.717, 1.165) is 10.4 Å². The molecule has 0 aliphatic carbocycles. The van der Waals surface area contributed by atoms with Crippen molar-refractivity contribution in [2.45, 2.75) is 19.1 Å². The first-order chi connectivity index (χ1) is 14.0. The number of nitrogens with one attached hydrogen (secondary N) is 1. The summed E-state index contributed by atoms with van der Waals surface area (Å²) < 4.78 is 18.9. The first-order valence-electron chi connectivity index (χ1n) is 9.00. The number of hydrogen-bond donors (Lipinski definition) is 1. The standard InChI is InChI=1S/C21H18FN3O3S/c1-25-19-17(28-18(21(25)27)10-16-3-2-8-29-16)9-14(12-23-19)20(26)24-11-13-4-6-15(22)7-5-13/h2-9,12,18H,10-11H2,1H3,(H,24,26). The van der Waals surface area contributed by atoms with Gasteiger partial charge in [0.1, 0.15) is 5.82 Å². The monoisotopic (exact) mass is 411 g/mol. The Morgan fingerprint density at radius 3 is 2.83 bits per heavy atom. The number of halogens is 1. The van der Waals surface area contributed by atoms with Crippen molar-refractivity contribution in [3.63, 3.8) is 0 Å². The number of rotatable bonds is 5. The number of likely N-dealkylation sites (N-methyl/N-ethyl adjacent to an activating group) is 1. The third kappa shape index (κ3) is 4.12. The quantitative estimate of drug-likeness (QED) is 0.700. The minimum absolute atomic E-state index is 0.174. The van der Waals surface area contributed by atoms with Gasteiger partial charge in [0.15, 0.2) is 17.7 Å². The molecular weight excluding hydrogens is 393 g/mol. The third-order valence-corrected chi connectivity index (χ3v) is 5.52. The van der Waals surface area contributed by atoms with E-state index >= 15 is 0 Å². The maximum Gasteiger partial charge on any atom is 0.269 e. The van der Waals surface area contributed by atoms with Crippen LogP contribution < -0.4 is 15.0 Å². The number of pyridine rings is 1. The number of anilines is 1. The Morgan fingerprint density at radius 2 is 2.10 bits per heavy atom. The molecule has 2 aromatic heterocycles. The molecule has 148 valence electrons. The molecule has 0 radical (unpaired) electrons. The zero-order valence-corrected chi connectivity index (χ0v) is 16.4. The number of carbonyl (C=O) groups is 2. The minimum Gasteiger partial charge on any atom is -0.476 e. The fourth-order valence-electron chi connectivity index (χ4n) is 3.05. The van der Waals surface area contributed by atoms with Crippen molar-refractivity contribution in [3.8, 4) is 5.75 Å². The van der Waals surface area contributed by atoms with Gasteiger partial charge in [-0.1, -0.05) is 18.2 Å². The van der Waals surface area contributed by atoms with E-state index in [9.17, 15) is 14.0 Å². The molecule has 3 aromatic rings. The first-order valence-corrected chi connectivity index (χ1v) is 9.88. The van der Waals surface area contributed by atoms with Gasteiger partial charge >= 0.3 is 0 Å². The van der Waals surface area contributed by atoms with Gasteiger partial charge in [0, 0.05) is 31.1 Å². The minimum atomic E-state index is -0.662. The summed E-state index contributed by atoms with van der Waals surface area (Å²) in [5.74, 6) is -0.0584. The largest absolute Gasteiger partial charge is 0.476 e. The molecule has 2 amide bonds. The summed E-state index contributed by atoms with van der Waals surface area (Å²) in [6.45, 7) is 0.260. The van der Waals surface area contributed by atoms with Crippen LogP contribution in [0.5, 0.6) is 5.75 Å². The molecule has 1 aliphatic rings. The Morgan fingerprint density at radius 1 is 1.31 bits per heavy atom. The maximum absolute atomic E-state index is 13.0. The highest BCUT2D eigenvalue weighted by Gasteiger charge is 2.34. The average molecular weight is 411 g/mol. The summed E-state index contributed by atoms with van der Waals surface area (Å²) in [4.78, 5) is 31.8. The fraction of sp³-hybridized carbons (Fsp3) is 0.190. The molecule has 0 spiro atoms. The predicted molar refractivity (Wildman–Crippen MR) is 108 cm³/mol. The molecule has 1 aliphatic heterocycles. The number of thiophene rings is 1. The molecule has 0 saturated carbocycles. The van der Waals surface area contributed by atoms with Gasteiger partial charge in [-0.15, -0.1) is 11.3 Å². The van der Waals surface area contributed by atoms with Crippen LogP contribution in [0.3, 0.4) is 0 Å². The van der Waals surface area contributed by atoms with Crippen molar-refractivity contribution >= 4 is 29.0 Å². The summed E-state index contributed by atoms with van der Waals surface area (Å²) in [7, 11) is 1.65. The van der Waals surface area contributed by atoms with Crippen LogP contribution in [0.15, 0.2) is 54.0 Å². The summed E-state index contributed by atoms with van der Waals surface area (Å²) in [6, 6.07) is 11.4. The van der Waals surface area contributed by atoms with Crippen molar-refractivity contribution in [3.05, 3.63) is 75.9 Å². The highest BCUT2D eigenvalue weighted by Crippen LogP contribution is 2.33. The lowest BCUT2D eigenvalue weighted by Gasteiger charge is -2.31. The van der Waals surface area contributed by atoms with E-state index in [1.807, 2.05) is 17.5 Å². The zero-order valence-electron chi connectivity index (χ0n) is 15.6. The number of benzene rings is 1. The van der Waals surface area contributed by atoms with Crippen molar-refractivity contribution in [1.29, 1.82) is 0 Å². The van der Waals surface area contributed by atoms with Gasteiger partial charge in [-0.2, -0.15) is 0 Å². The maximum atomic E-state index is 13.0. The zero-order chi connectivity index (χ0) is 20.4. The summed E-state index contributed by atoms with van der Waals surface area (Å²) in [6.07, 6.45) is 1.21. The van der Waals surface area contributed by atoms with E-state index < -0.39 is 6.10 Å². The molecule has 8 heteroatoms. The Kier molecular flexibility index (Phi) is 5.26. The highest BCUT2D eigenvalue weighted by molar-refractivity contribution is 7.09. The fourth-order valence-corrected chi connectivity index (χ4v) is 3.79. The van der Waals surface area contributed by atoms with Crippen LogP contribution >= 0.6 is 11.3 Å². The number of hydrogen-bond acceptors (Lipinski definition) is 5. The number of nitrogens with zero attached hydrogens (tertiary/aromatic N) is 2. The Bertz CT molecular complexity index is 1040. The van der Waals surface area contributed by atoms with E-state index in [4.69, 9.17) is 4.74 Å². The number of fused-ring (bicyclic) bond motifs is 1. The lowest BCUT2D eigenvalue weighted by molar-refractivity contribution is -0.126. The average Bonchev–Trinajstić information content (AvgIpc) is 3.24. The highest BCUT2D eigenvalue weighted by atomic mass is 32.1. The molecule has 1 unspecified atom stereocenters. The predicted octanol–water partition coefficient (Wildman–Crippen LogP) is 3.18. The summed E-state index contributed by atoms with van der Waals surface area (Å²) in [5.41, 5.74) is 1.10. The lowest BCUT2D eigenvalue weighted by atomic mass is 10.1. The molecule has 0 fully saturated rings. The summed E-state index contributed by atoms with van der Waals surface area (Å²) in [5, 5.41) is 4.72. The normalized spacial score (nSPS) is 15.6. The molecule has 0 saturated heterocycles. The number of carbonyl (C=O) groups excluding carboxylic acids is 2. The molecule has 0 bridgehead atoms.